The van der Waals surface area contributed by atoms with E-state index in [1.165, 1.54) is 24.9 Å². The van der Waals surface area contributed by atoms with Crippen molar-refractivity contribution in [1.82, 2.24) is 10.2 Å². The largest absolute Gasteiger partial charge is 0.313 e. The van der Waals surface area contributed by atoms with Gasteiger partial charge in [-0.1, -0.05) is 30.7 Å². The van der Waals surface area contributed by atoms with Crippen LogP contribution < -0.4 is 5.32 Å². The number of hydrogen-bond acceptors (Lipinski definition) is 2. The highest BCUT2D eigenvalue weighted by Gasteiger charge is 2.21. The van der Waals surface area contributed by atoms with Gasteiger partial charge in [0.05, 0.1) is 0 Å². The fourth-order valence-electron chi connectivity index (χ4n) is 2.73. The lowest BCUT2D eigenvalue weighted by atomic mass is 10.1. The van der Waals surface area contributed by atoms with Gasteiger partial charge in [0, 0.05) is 23.7 Å². The summed E-state index contributed by atoms with van der Waals surface area (Å²) in [4.78, 5) is 2.52. The van der Waals surface area contributed by atoms with Crippen LogP contribution >= 0.6 is 11.6 Å². The molecule has 2 atom stereocenters. The SMILES string of the molecule is CCN(CC1CCCN1)C(C)c1cccc(Cl)c1. The lowest BCUT2D eigenvalue weighted by Crippen LogP contribution is -2.38. The highest BCUT2D eigenvalue weighted by atomic mass is 35.5. The summed E-state index contributed by atoms with van der Waals surface area (Å²) < 4.78 is 0. The first-order chi connectivity index (χ1) is 8.70. The molecular formula is C15H23ClN2. The Bertz CT molecular complexity index is 375. The third-order valence-electron chi connectivity index (χ3n) is 3.90. The molecule has 0 aromatic heterocycles. The van der Waals surface area contributed by atoms with Gasteiger partial charge < -0.3 is 5.32 Å². The number of rotatable bonds is 5. The first kappa shape index (κ1) is 13.9. The molecule has 1 aromatic carbocycles. The van der Waals surface area contributed by atoms with E-state index < -0.39 is 0 Å². The lowest BCUT2D eigenvalue weighted by Gasteiger charge is -2.30. The standard InChI is InChI=1S/C15H23ClN2/c1-3-18(11-15-8-5-9-17-15)12(2)13-6-4-7-14(16)10-13/h4,6-7,10,12,15,17H,3,5,8-9,11H2,1-2H3. The Hall–Kier alpha value is -0.570. The molecule has 2 rings (SSSR count). The second-order valence-electron chi connectivity index (χ2n) is 5.11. The van der Waals surface area contributed by atoms with Crippen molar-refractivity contribution in [2.24, 2.45) is 0 Å². The first-order valence-electron chi connectivity index (χ1n) is 6.93. The van der Waals surface area contributed by atoms with Crippen molar-refractivity contribution in [3.8, 4) is 0 Å². The summed E-state index contributed by atoms with van der Waals surface area (Å²) in [5.74, 6) is 0. The molecule has 1 fully saturated rings. The molecule has 0 spiro atoms. The van der Waals surface area contributed by atoms with Crippen LogP contribution in [0.3, 0.4) is 0 Å². The Morgan fingerprint density at radius 2 is 2.33 bits per heavy atom. The van der Waals surface area contributed by atoms with Gasteiger partial charge in [-0.25, -0.2) is 0 Å². The third-order valence-corrected chi connectivity index (χ3v) is 4.14. The van der Waals surface area contributed by atoms with Gasteiger partial charge in [-0.3, -0.25) is 4.90 Å². The predicted molar refractivity (Wildman–Crippen MR) is 78.1 cm³/mol. The molecule has 0 bridgehead atoms. The van der Waals surface area contributed by atoms with Gasteiger partial charge in [0.25, 0.3) is 0 Å². The molecule has 1 aromatic rings. The lowest BCUT2D eigenvalue weighted by molar-refractivity contribution is 0.202. The van der Waals surface area contributed by atoms with Crippen LogP contribution in [0, 0.1) is 0 Å². The van der Waals surface area contributed by atoms with E-state index in [0.29, 0.717) is 12.1 Å². The topological polar surface area (TPSA) is 15.3 Å². The molecule has 18 heavy (non-hydrogen) atoms. The summed E-state index contributed by atoms with van der Waals surface area (Å²) in [7, 11) is 0. The molecule has 1 aliphatic heterocycles. The summed E-state index contributed by atoms with van der Waals surface area (Å²) >= 11 is 6.08. The first-order valence-corrected chi connectivity index (χ1v) is 7.31. The zero-order valence-electron chi connectivity index (χ0n) is 11.3. The number of nitrogens with one attached hydrogen (secondary N) is 1. The fraction of sp³-hybridized carbons (Fsp3) is 0.600. The minimum atomic E-state index is 0.427. The highest BCUT2D eigenvalue weighted by molar-refractivity contribution is 6.30. The van der Waals surface area contributed by atoms with E-state index >= 15 is 0 Å². The van der Waals surface area contributed by atoms with Gasteiger partial charge in [-0.05, 0) is 50.6 Å². The molecule has 0 saturated carbocycles. The van der Waals surface area contributed by atoms with E-state index in [-0.39, 0.29) is 0 Å². The van der Waals surface area contributed by atoms with Crippen LogP contribution in [0.25, 0.3) is 0 Å². The molecule has 0 radical (unpaired) electrons. The van der Waals surface area contributed by atoms with Gasteiger partial charge >= 0.3 is 0 Å². The Morgan fingerprint density at radius 3 is 2.94 bits per heavy atom. The van der Waals surface area contributed by atoms with E-state index in [9.17, 15) is 0 Å². The summed E-state index contributed by atoms with van der Waals surface area (Å²) in [6.45, 7) is 7.88. The average molecular weight is 267 g/mol. The number of nitrogens with zero attached hydrogens (tertiary/aromatic N) is 1. The van der Waals surface area contributed by atoms with Crippen LogP contribution in [0.2, 0.25) is 5.02 Å². The number of likely N-dealkylation sites (N-methyl/N-ethyl adjacent to an activating group) is 1. The molecule has 100 valence electrons. The van der Waals surface area contributed by atoms with Crippen molar-refractivity contribution in [3.63, 3.8) is 0 Å². The zero-order chi connectivity index (χ0) is 13.0. The molecule has 1 N–H and O–H groups in total. The van der Waals surface area contributed by atoms with Crippen LogP contribution in [-0.2, 0) is 0 Å². The quantitative estimate of drug-likeness (QED) is 0.878. The Morgan fingerprint density at radius 1 is 1.50 bits per heavy atom. The summed E-state index contributed by atoms with van der Waals surface area (Å²) in [6, 6.07) is 9.31. The normalized spacial score (nSPS) is 21.4. The monoisotopic (exact) mass is 266 g/mol. The minimum absolute atomic E-state index is 0.427. The second-order valence-corrected chi connectivity index (χ2v) is 5.55. The molecule has 1 saturated heterocycles. The maximum absolute atomic E-state index is 6.08. The van der Waals surface area contributed by atoms with Crippen molar-refractivity contribution >= 4 is 11.6 Å². The van der Waals surface area contributed by atoms with Gasteiger partial charge in [0.2, 0.25) is 0 Å². The van der Waals surface area contributed by atoms with Crippen molar-refractivity contribution in [1.29, 1.82) is 0 Å². The van der Waals surface area contributed by atoms with Crippen molar-refractivity contribution in [2.45, 2.75) is 38.8 Å². The van der Waals surface area contributed by atoms with Crippen LogP contribution in [0.5, 0.6) is 0 Å². The summed E-state index contributed by atoms with van der Waals surface area (Å²) in [5, 5.41) is 4.40. The van der Waals surface area contributed by atoms with E-state index in [0.717, 1.165) is 18.1 Å². The predicted octanol–water partition coefficient (Wildman–Crippen LogP) is 3.47. The zero-order valence-corrected chi connectivity index (χ0v) is 12.1. The van der Waals surface area contributed by atoms with Crippen molar-refractivity contribution in [2.75, 3.05) is 19.6 Å². The number of halogens is 1. The molecule has 2 nitrogen and oxygen atoms in total. The Kier molecular flexibility index (Phi) is 5.04. The van der Waals surface area contributed by atoms with Crippen LogP contribution in [0.4, 0.5) is 0 Å². The summed E-state index contributed by atoms with van der Waals surface area (Å²) in [6.07, 6.45) is 2.62. The number of hydrogen-bond donors (Lipinski definition) is 1. The van der Waals surface area contributed by atoms with Crippen LogP contribution in [-0.4, -0.2) is 30.6 Å². The summed E-state index contributed by atoms with van der Waals surface area (Å²) in [5.41, 5.74) is 1.31. The number of benzene rings is 1. The fourth-order valence-corrected chi connectivity index (χ4v) is 2.93. The maximum Gasteiger partial charge on any atom is 0.0409 e. The van der Waals surface area contributed by atoms with Crippen molar-refractivity contribution in [3.05, 3.63) is 34.9 Å². The van der Waals surface area contributed by atoms with Gasteiger partial charge in [0.15, 0.2) is 0 Å². The molecule has 1 aliphatic rings. The van der Waals surface area contributed by atoms with E-state index in [4.69, 9.17) is 11.6 Å². The van der Waals surface area contributed by atoms with E-state index in [1.807, 2.05) is 12.1 Å². The average Bonchev–Trinajstić information content (AvgIpc) is 2.88. The van der Waals surface area contributed by atoms with E-state index in [2.05, 4.69) is 36.2 Å². The Balaban J connectivity index is 2.02. The third kappa shape index (κ3) is 3.47. The smallest absolute Gasteiger partial charge is 0.0409 e. The molecule has 3 heteroatoms. The second kappa shape index (κ2) is 6.55. The maximum atomic E-state index is 6.08. The highest BCUT2D eigenvalue weighted by Crippen LogP contribution is 2.23. The van der Waals surface area contributed by atoms with Crippen molar-refractivity contribution < 1.29 is 0 Å². The van der Waals surface area contributed by atoms with E-state index in [1.54, 1.807) is 0 Å². The van der Waals surface area contributed by atoms with Gasteiger partial charge in [-0.2, -0.15) is 0 Å². The molecule has 1 heterocycles. The van der Waals surface area contributed by atoms with Crippen LogP contribution in [0.1, 0.15) is 38.3 Å². The molecule has 0 aliphatic carbocycles. The minimum Gasteiger partial charge on any atom is -0.313 e. The van der Waals surface area contributed by atoms with Gasteiger partial charge in [0.1, 0.15) is 0 Å². The van der Waals surface area contributed by atoms with Crippen LogP contribution in [0.15, 0.2) is 24.3 Å². The molecular weight excluding hydrogens is 244 g/mol. The van der Waals surface area contributed by atoms with Gasteiger partial charge in [-0.15, -0.1) is 0 Å². The Labute approximate surface area is 115 Å². The molecule has 0 amide bonds. The molecule has 2 unspecified atom stereocenters.